The molecule has 2 rings (SSSR count). The average molecular weight is 433 g/mol. The first kappa shape index (κ1) is 27.2. The zero-order valence-corrected chi connectivity index (χ0v) is 25.2. The van der Waals surface area contributed by atoms with Crippen LogP contribution in [0, 0.1) is 66.5 Å². The van der Waals surface area contributed by atoms with Crippen LogP contribution in [-0.2, 0) is 0 Å². The smallest absolute Gasteiger partial charge is 0.0143 e. The molecule has 0 amide bonds. The fraction of sp³-hybridized carbons (Fsp3) is 1.00. The second-order valence-electron chi connectivity index (χ2n) is 16.0. The highest BCUT2D eigenvalue weighted by atomic mass is 15.0. The summed E-state index contributed by atoms with van der Waals surface area (Å²) < 4.78 is 0. The molecule has 184 valence electrons. The van der Waals surface area contributed by atoms with Crippen LogP contribution >= 0.6 is 0 Å². The van der Waals surface area contributed by atoms with E-state index in [2.05, 4.69) is 132 Å². The Kier molecular flexibility index (Phi) is 5.59. The Morgan fingerprint density at radius 2 is 0.839 bits per heavy atom. The minimum absolute atomic E-state index is 0.201. The fourth-order valence-corrected chi connectivity index (χ4v) is 10.8. The van der Waals surface area contributed by atoms with Crippen molar-refractivity contribution in [3.05, 3.63) is 0 Å². The Bertz CT molecular complexity index is 729. The van der Waals surface area contributed by atoms with Gasteiger partial charge in [-0.3, -0.25) is 0 Å². The predicted molar refractivity (Wildman–Crippen MR) is 140 cm³/mol. The SMILES string of the molecule is CC(C)C(C)(C)C(C)(C)C(C)(C(C)C)C(C)C1(C)C(C)(C)C2(C)C(C)(C)C(C)(C)C12C. The number of hydrogen-bond acceptors (Lipinski definition) is 0. The minimum Gasteiger partial charge on any atom is -0.0622 e. The van der Waals surface area contributed by atoms with Gasteiger partial charge in [0.1, 0.15) is 0 Å². The second kappa shape index (κ2) is 6.36. The quantitative estimate of drug-likeness (QED) is 0.391. The molecule has 0 N–H and O–H groups in total. The molecule has 0 aromatic rings. The molecule has 2 saturated carbocycles. The van der Waals surface area contributed by atoms with E-state index in [0.29, 0.717) is 39.4 Å². The van der Waals surface area contributed by atoms with Gasteiger partial charge >= 0.3 is 0 Å². The summed E-state index contributed by atoms with van der Waals surface area (Å²) in [4.78, 5) is 0. The maximum absolute atomic E-state index is 2.69. The van der Waals surface area contributed by atoms with Gasteiger partial charge in [0.2, 0.25) is 0 Å². The van der Waals surface area contributed by atoms with Crippen molar-refractivity contribution in [2.24, 2.45) is 66.5 Å². The molecule has 0 saturated heterocycles. The Morgan fingerprint density at radius 3 is 1.16 bits per heavy atom. The van der Waals surface area contributed by atoms with Crippen LogP contribution in [0.4, 0.5) is 0 Å². The highest BCUT2D eigenvalue weighted by molar-refractivity contribution is 5.41. The van der Waals surface area contributed by atoms with Crippen molar-refractivity contribution in [3.8, 4) is 0 Å². The minimum atomic E-state index is 0.201. The highest BCUT2D eigenvalue weighted by Crippen LogP contribution is 2.99. The summed E-state index contributed by atoms with van der Waals surface area (Å²) in [6.45, 7) is 48.9. The molecule has 5 unspecified atom stereocenters. The summed E-state index contributed by atoms with van der Waals surface area (Å²) in [7, 11) is 0. The zero-order chi connectivity index (χ0) is 25.2. The van der Waals surface area contributed by atoms with Crippen LogP contribution in [-0.4, -0.2) is 0 Å². The first-order valence-corrected chi connectivity index (χ1v) is 13.3. The third-order valence-corrected chi connectivity index (χ3v) is 16.0. The standard InChI is InChI=1S/C31H60/c1-20(2)23(6,7)24(8,9)28(16,21(3)4)22(5)29(17)27(14,15)30(18)25(10,11)26(12,13)31(29,30)19/h20-22H,1-19H3. The van der Waals surface area contributed by atoms with Crippen molar-refractivity contribution in [2.75, 3.05) is 0 Å². The molecule has 31 heavy (non-hydrogen) atoms. The van der Waals surface area contributed by atoms with E-state index in [4.69, 9.17) is 0 Å². The molecule has 0 nitrogen and oxygen atoms in total. The predicted octanol–water partition coefficient (Wildman–Crippen LogP) is 10.1. The lowest BCUT2D eigenvalue weighted by molar-refractivity contribution is -0.512. The van der Waals surface area contributed by atoms with Gasteiger partial charge in [0, 0.05) is 0 Å². The van der Waals surface area contributed by atoms with Crippen LogP contribution < -0.4 is 0 Å². The summed E-state index contributed by atoms with van der Waals surface area (Å²) in [6, 6.07) is 0. The summed E-state index contributed by atoms with van der Waals surface area (Å²) in [5, 5.41) is 0. The molecule has 0 aliphatic heterocycles. The van der Waals surface area contributed by atoms with E-state index >= 15 is 0 Å². The Morgan fingerprint density at radius 1 is 0.484 bits per heavy atom. The monoisotopic (exact) mass is 432 g/mol. The molecule has 5 atom stereocenters. The highest BCUT2D eigenvalue weighted by Gasteiger charge is 2.94. The summed E-state index contributed by atoms with van der Waals surface area (Å²) in [5.74, 6) is 1.88. The third-order valence-electron chi connectivity index (χ3n) is 16.0. The average Bonchev–Trinajstić information content (AvgIpc) is 2.62. The lowest BCUT2D eigenvalue weighted by atomic mass is 9.06. The van der Waals surface area contributed by atoms with Crippen molar-refractivity contribution < 1.29 is 0 Å². The number of rotatable bonds is 6. The van der Waals surface area contributed by atoms with Gasteiger partial charge in [-0.15, -0.1) is 0 Å². The number of hydrogen-bond donors (Lipinski definition) is 0. The van der Waals surface area contributed by atoms with E-state index in [1.165, 1.54) is 0 Å². The maximum Gasteiger partial charge on any atom is -0.0143 e. The van der Waals surface area contributed by atoms with E-state index in [9.17, 15) is 0 Å². The molecular formula is C31H60. The first-order valence-electron chi connectivity index (χ1n) is 13.3. The van der Waals surface area contributed by atoms with Gasteiger partial charge < -0.3 is 0 Å². The van der Waals surface area contributed by atoms with Crippen molar-refractivity contribution in [1.82, 2.24) is 0 Å². The van der Waals surface area contributed by atoms with Crippen molar-refractivity contribution >= 4 is 0 Å². The van der Waals surface area contributed by atoms with Crippen LogP contribution in [0.15, 0.2) is 0 Å². The van der Waals surface area contributed by atoms with Gasteiger partial charge in [0.05, 0.1) is 0 Å². The van der Waals surface area contributed by atoms with Crippen molar-refractivity contribution in [1.29, 1.82) is 0 Å². The van der Waals surface area contributed by atoms with Crippen LogP contribution in [0.5, 0.6) is 0 Å². The lowest BCUT2D eigenvalue weighted by Crippen LogP contribution is -2.94. The topological polar surface area (TPSA) is 0 Å². The van der Waals surface area contributed by atoms with Gasteiger partial charge in [-0.2, -0.15) is 0 Å². The van der Waals surface area contributed by atoms with E-state index in [0.717, 1.165) is 0 Å². The summed E-state index contributed by atoms with van der Waals surface area (Å²) >= 11 is 0. The van der Waals surface area contributed by atoms with Gasteiger partial charge in [-0.25, -0.2) is 0 Å². The molecule has 0 radical (unpaired) electrons. The first-order chi connectivity index (χ1) is 13.3. The summed E-state index contributed by atoms with van der Waals surface area (Å²) in [6.07, 6.45) is 0. The largest absolute Gasteiger partial charge is 0.0622 e. The van der Waals surface area contributed by atoms with E-state index in [-0.39, 0.29) is 27.1 Å². The molecule has 0 heterocycles. The van der Waals surface area contributed by atoms with Gasteiger partial charge in [-0.1, -0.05) is 132 Å². The van der Waals surface area contributed by atoms with E-state index < -0.39 is 0 Å². The normalized spacial score (nSPS) is 39.4. The molecule has 0 spiro atoms. The van der Waals surface area contributed by atoms with Gasteiger partial charge in [0.15, 0.2) is 0 Å². The van der Waals surface area contributed by atoms with Crippen molar-refractivity contribution in [2.45, 2.75) is 132 Å². The van der Waals surface area contributed by atoms with E-state index in [1.54, 1.807) is 0 Å². The molecule has 2 aliphatic rings. The van der Waals surface area contributed by atoms with Crippen LogP contribution in [0.2, 0.25) is 0 Å². The molecule has 0 aromatic heterocycles. The zero-order valence-electron chi connectivity index (χ0n) is 25.2. The third kappa shape index (κ3) is 2.13. The Labute approximate surface area is 198 Å². The molecule has 0 heteroatoms. The van der Waals surface area contributed by atoms with Crippen LogP contribution in [0.3, 0.4) is 0 Å². The molecule has 0 aromatic carbocycles. The summed E-state index contributed by atoms with van der Waals surface area (Å²) in [5.41, 5.74) is 2.51. The Hall–Kier alpha value is 0. The number of fused-ring (bicyclic) bond motifs is 1. The van der Waals surface area contributed by atoms with Gasteiger partial charge in [-0.05, 0) is 66.5 Å². The van der Waals surface area contributed by atoms with Crippen molar-refractivity contribution in [3.63, 3.8) is 0 Å². The van der Waals surface area contributed by atoms with Crippen LogP contribution in [0.1, 0.15) is 132 Å². The molecular weight excluding hydrogens is 372 g/mol. The maximum atomic E-state index is 2.69. The molecule has 2 fully saturated rings. The van der Waals surface area contributed by atoms with Gasteiger partial charge in [0.25, 0.3) is 0 Å². The molecule has 0 bridgehead atoms. The second-order valence-corrected chi connectivity index (χ2v) is 16.0. The Balaban J connectivity index is 2.80. The fourth-order valence-electron chi connectivity index (χ4n) is 10.8. The molecule has 2 aliphatic carbocycles. The lowest BCUT2D eigenvalue weighted by Gasteiger charge is -2.98. The van der Waals surface area contributed by atoms with E-state index in [1.807, 2.05) is 0 Å². The van der Waals surface area contributed by atoms with Crippen LogP contribution in [0.25, 0.3) is 0 Å².